The van der Waals surface area contributed by atoms with E-state index < -0.39 is 0 Å². The molecule has 0 unspecified atom stereocenters. The van der Waals surface area contributed by atoms with Crippen molar-refractivity contribution in [1.29, 1.82) is 0 Å². The van der Waals surface area contributed by atoms with E-state index >= 15 is 0 Å². The Balaban J connectivity index is 1.69. The fourth-order valence-corrected chi connectivity index (χ4v) is 3.39. The molecule has 0 spiro atoms. The van der Waals surface area contributed by atoms with E-state index in [9.17, 15) is 4.79 Å². The van der Waals surface area contributed by atoms with E-state index in [1.807, 2.05) is 30.5 Å². The van der Waals surface area contributed by atoms with E-state index in [2.05, 4.69) is 34.9 Å². The lowest BCUT2D eigenvalue weighted by Gasteiger charge is -2.05. The zero-order chi connectivity index (χ0) is 17.9. The van der Waals surface area contributed by atoms with Crippen LogP contribution in [-0.4, -0.2) is 10.4 Å². The Bertz CT molecular complexity index is 1050. The molecule has 0 aliphatic carbocycles. The number of benzene rings is 3. The number of aryl methyl sites for hydroxylation is 2. The molecule has 0 radical (unpaired) electrons. The van der Waals surface area contributed by atoms with Crippen molar-refractivity contribution in [2.24, 2.45) is 0 Å². The molecule has 0 atom stereocenters. The average Bonchev–Trinajstić information content (AvgIpc) is 3.06. The van der Waals surface area contributed by atoms with Crippen LogP contribution >= 0.6 is 11.6 Å². The summed E-state index contributed by atoms with van der Waals surface area (Å²) in [5.41, 5.74) is 3.76. The van der Waals surface area contributed by atoms with Crippen molar-refractivity contribution in [2.75, 3.05) is 0 Å². The molecule has 0 saturated heterocycles. The zero-order valence-electron chi connectivity index (χ0n) is 14.2. The highest BCUT2D eigenvalue weighted by molar-refractivity contribution is 6.30. The quantitative estimate of drug-likeness (QED) is 0.415. The fourth-order valence-electron chi connectivity index (χ4n) is 3.26. The summed E-state index contributed by atoms with van der Waals surface area (Å²) in [4.78, 5) is 13.0. The van der Waals surface area contributed by atoms with Crippen molar-refractivity contribution in [1.82, 2.24) is 4.57 Å². The van der Waals surface area contributed by atoms with Crippen LogP contribution in [-0.2, 0) is 13.0 Å². The molecule has 0 fully saturated rings. The molecule has 0 aliphatic rings. The lowest BCUT2D eigenvalue weighted by Crippen LogP contribution is -2.02. The van der Waals surface area contributed by atoms with Gasteiger partial charge in [-0.15, -0.1) is 0 Å². The van der Waals surface area contributed by atoms with Crippen molar-refractivity contribution < 1.29 is 4.79 Å². The van der Waals surface area contributed by atoms with Gasteiger partial charge in [-0.2, -0.15) is 0 Å². The molecule has 3 heteroatoms. The summed E-state index contributed by atoms with van der Waals surface area (Å²) in [7, 11) is 0. The number of carbonyl (C=O) groups is 1. The van der Waals surface area contributed by atoms with E-state index in [0.29, 0.717) is 10.6 Å². The molecule has 0 bridgehead atoms. The van der Waals surface area contributed by atoms with Crippen LogP contribution < -0.4 is 0 Å². The van der Waals surface area contributed by atoms with E-state index in [1.165, 1.54) is 5.56 Å². The molecular weight excluding hydrogens is 342 g/mol. The first-order valence-corrected chi connectivity index (χ1v) is 9.02. The Morgan fingerprint density at radius 3 is 2.31 bits per heavy atom. The van der Waals surface area contributed by atoms with Gasteiger partial charge in [0.1, 0.15) is 0 Å². The van der Waals surface area contributed by atoms with Gasteiger partial charge in [-0.3, -0.25) is 4.79 Å². The number of rotatable bonds is 5. The summed E-state index contributed by atoms with van der Waals surface area (Å²) in [6, 6.07) is 25.5. The topological polar surface area (TPSA) is 22.0 Å². The summed E-state index contributed by atoms with van der Waals surface area (Å²) in [5, 5.41) is 1.62. The summed E-state index contributed by atoms with van der Waals surface area (Å²) >= 11 is 5.95. The van der Waals surface area contributed by atoms with Crippen molar-refractivity contribution in [3.63, 3.8) is 0 Å². The number of fused-ring (bicyclic) bond motifs is 1. The van der Waals surface area contributed by atoms with Crippen molar-refractivity contribution >= 4 is 28.3 Å². The van der Waals surface area contributed by atoms with Crippen LogP contribution in [0, 0.1) is 0 Å². The molecule has 26 heavy (non-hydrogen) atoms. The standard InChI is InChI=1S/C23H18ClNO/c24-19-12-10-18(11-13-19)23(26)21-16-25(22-9-5-4-8-20(21)22)15-14-17-6-2-1-3-7-17/h1-13,16H,14-15H2. The maximum atomic E-state index is 13.0. The second kappa shape index (κ2) is 7.19. The van der Waals surface area contributed by atoms with E-state index in [4.69, 9.17) is 11.6 Å². The zero-order valence-corrected chi connectivity index (χ0v) is 15.0. The number of para-hydroxylation sites is 1. The molecule has 4 aromatic rings. The number of ketones is 1. The maximum Gasteiger partial charge on any atom is 0.195 e. The number of halogens is 1. The van der Waals surface area contributed by atoms with E-state index in [-0.39, 0.29) is 5.78 Å². The summed E-state index contributed by atoms with van der Waals surface area (Å²) in [6.45, 7) is 0.832. The Hall–Kier alpha value is -2.84. The molecule has 4 rings (SSSR count). The lowest BCUT2D eigenvalue weighted by atomic mass is 10.0. The number of hydrogen-bond acceptors (Lipinski definition) is 1. The Morgan fingerprint density at radius 1 is 0.846 bits per heavy atom. The first-order valence-electron chi connectivity index (χ1n) is 8.64. The third-order valence-electron chi connectivity index (χ3n) is 4.62. The second-order valence-electron chi connectivity index (χ2n) is 6.32. The van der Waals surface area contributed by atoms with E-state index in [0.717, 1.165) is 29.4 Å². The average molecular weight is 360 g/mol. The van der Waals surface area contributed by atoms with E-state index in [1.54, 1.807) is 24.3 Å². The van der Waals surface area contributed by atoms with Gasteiger partial charge in [0.05, 0.1) is 0 Å². The highest BCUT2D eigenvalue weighted by atomic mass is 35.5. The SMILES string of the molecule is O=C(c1ccc(Cl)cc1)c1cn(CCc2ccccc2)c2ccccc12. The minimum atomic E-state index is 0.0244. The van der Waals surface area contributed by atoms with Gasteiger partial charge < -0.3 is 4.57 Å². The number of aromatic nitrogens is 1. The van der Waals surface area contributed by atoms with Crippen molar-refractivity contribution in [2.45, 2.75) is 13.0 Å². The van der Waals surface area contributed by atoms with Gasteiger partial charge in [0.2, 0.25) is 0 Å². The van der Waals surface area contributed by atoms with Gasteiger partial charge in [-0.25, -0.2) is 0 Å². The van der Waals surface area contributed by atoms with Gasteiger partial charge in [0.15, 0.2) is 5.78 Å². The third-order valence-corrected chi connectivity index (χ3v) is 4.88. The number of carbonyl (C=O) groups excluding carboxylic acids is 1. The van der Waals surface area contributed by atoms with Crippen LogP contribution in [0.25, 0.3) is 10.9 Å². The Labute approximate surface area is 157 Å². The number of nitrogens with zero attached hydrogens (tertiary/aromatic N) is 1. The highest BCUT2D eigenvalue weighted by Gasteiger charge is 2.16. The monoisotopic (exact) mass is 359 g/mol. The summed E-state index contributed by atoms with van der Waals surface area (Å²) in [5.74, 6) is 0.0244. The maximum absolute atomic E-state index is 13.0. The minimum absolute atomic E-state index is 0.0244. The third kappa shape index (κ3) is 3.29. The number of hydrogen-bond donors (Lipinski definition) is 0. The predicted molar refractivity (Wildman–Crippen MR) is 107 cm³/mol. The van der Waals surface area contributed by atoms with Crippen LogP contribution in [0.15, 0.2) is 85.1 Å². The van der Waals surface area contributed by atoms with Crippen molar-refractivity contribution in [3.05, 3.63) is 107 Å². The van der Waals surface area contributed by atoms with Crippen LogP contribution in [0.1, 0.15) is 21.5 Å². The molecule has 128 valence electrons. The van der Waals surface area contributed by atoms with Crippen LogP contribution in [0.2, 0.25) is 5.02 Å². The molecule has 2 nitrogen and oxygen atoms in total. The van der Waals surface area contributed by atoms with Gasteiger partial charge in [0, 0.05) is 39.8 Å². The Kier molecular flexibility index (Phi) is 4.59. The molecule has 0 saturated carbocycles. The molecule has 0 aliphatic heterocycles. The minimum Gasteiger partial charge on any atom is -0.346 e. The fraction of sp³-hybridized carbons (Fsp3) is 0.0870. The van der Waals surface area contributed by atoms with Crippen LogP contribution in [0.3, 0.4) is 0 Å². The van der Waals surface area contributed by atoms with Crippen LogP contribution in [0.4, 0.5) is 0 Å². The first kappa shape index (κ1) is 16.6. The molecule has 1 heterocycles. The first-order chi connectivity index (χ1) is 12.7. The summed E-state index contributed by atoms with van der Waals surface area (Å²) in [6.07, 6.45) is 2.90. The molecule has 0 N–H and O–H groups in total. The van der Waals surface area contributed by atoms with Gasteiger partial charge >= 0.3 is 0 Å². The highest BCUT2D eigenvalue weighted by Crippen LogP contribution is 2.25. The second-order valence-corrected chi connectivity index (χ2v) is 6.76. The molecule has 3 aromatic carbocycles. The molecular formula is C23H18ClNO. The van der Waals surface area contributed by atoms with Gasteiger partial charge in [-0.1, -0.05) is 60.1 Å². The molecule has 1 aromatic heterocycles. The Morgan fingerprint density at radius 2 is 1.54 bits per heavy atom. The largest absolute Gasteiger partial charge is 0.346 e. The van der Waals surface area contributed by atoms with Crippen molar-refractivity contribution in [3.8, 4) is 0 Å². The predicted octanol–water partition coefficient (Wildman–Crippen LogP) is 5.77. The van der Waals surface area contributed by atoms with Gasteiger partial charge in [0.25, 0.3) is 0 Å². The van der Waals surface area contributed by atoms with Gasteiger partial charge in [-0.05, 0) is 42.3 Å². The lowest BCUT2D eigenvalue weighted by molar-refractivity contribution is 0.104. The van der Waals surface area contributed by atoms with Crippen LogP contribution in [0.5, 0.6) is 0 Å². The smallest absolute Gasteiger partial charge is 0.195 e. The summed E-state index contributed by atoms with van der Waals surface area (Å²) < 4.78 is 2.17. The molecule has 0 amide bonds. The normalized spacial score (nSPS) is 11.0.